The van der Waals surface area contributed by atoms with E-state index >= 15 is 0 Å². The Morgan fingerprint density at radius 1 is 0.786 bits per heavy atom. The van der Waals surface area contributed by atoms with Crippen LogP contribution >= 0.6 is 0 Å². The summed E-state index contributed by atoms with van der Waals surface area (Å²) in [4.78, 5) is 14.0. The molecule has 5 nitrogen and oxygen atoms in total. The molecule has 4 aromatic rings. The third kappa shape index (κ3) is 8.62. The van der Waals surface area contributed by atoms with E-state index in [9.17, 15) is 4.79 Å². The molecule has 0 amide bonds. The van der Waals surface area contributed by atoms with Gasteiger partial charge < -0.3 is 18.8 Å². The smallest absolute Gasteiger partial charge is 0.297 e. The van der Waals surface area contributed by atoms with E-state index in [0.29, 0.717) is 31.3 Å². The van der Waals surface area contributed by atoms with E-state index in [1.807, 2.05) is 83.4 Å². The van der Waals surface area contributed by atoms with Crippen molar-refractivity contribution in [1.29, 1.82) is 0 Å². The normalized spacial score (nSPS) is 11.4. The summed E-state index contributed by atoms with van der Waals surface area (Å²) in [6.45, 7) is 10.1. The van der Waals surface area contributed by atoms with Crippen LogP contribution in [0.25, 0.3) is 10.9 Å². The second kappa shape index (κ2) is 15.7. The van der Waals surface area contributed by atoms with Gasteiger partial charge in [0.25, 0.3) is 5.56 Å². The van der Waals surface area contributed by atoms with Crippen LogP contribution in [0.15, 0.2) is 107 Å². The van der Waals surface area contributed by atoms with Crippen LogP contribution in [0.1, 0.15) is 64.5 Å². The van der Waals surface area contributed by atoms with Crippen LogP contribution in [0.4, 0.5) is 0 Å². The molecule has 0 unspecified atom stereocenters. The van der Waals surface area contributed by atoms with Crippen LogP contribution in [-0.2, 0) is 19.8 Å². The quantitative estimate of drug-likeness (QED) is 0.135. The zero-order valence-electron chi connectivity index (χ0n) is 25.4. The molecule has 0 aliphatic rings. The number of pyridine rings is 1. The summed E-state index contributed by atoms with van der Waals surface area (Å²) in [5, 5.41) is 0.830. The molecule has 220 valence electrons. The van der Waals surface area contributed by atoms with Gasteiger partial charge in [-0.25, -0.2) is 0 Å². The lowest BCUT2D eigenvalue weighted by atomic mass is 10.1. The molecule has 0 spiro atoms. The number of rotatable bonds is 15. The molecule has 0 saturated carbocycles. The van der Waals surface area contributed by atoms with Crippen LogP contribution in [0.2, 0.25) is 0 Å². The second-order valence-electron chi connectivity index (χ2n) is 10.9. The fourth-order valence-electron chi connectivity index (χ4n) is 4.71. The Morgan fingerprint density at radius 2 is 1.45 bits per heavy atom. The van der Waals surface area contributed by atoms with E-state index in [1.165, 1.54) is 11.1 Å². The van der Waals surface area contributed by atoms with Crippen molar-refractivity contribution in [1.82, 2.24) is 4.57 Å². The molecule has 0 atom stereocenters. The highest BCUT2D eigenvalue weighted by molar-refractivity contribution is 5.89. The van der Waals surface area contributed by atoms with Gasteiger partial charge in [0, 0.05) is 18.0 Å². The van der Waals surface area contributed by atoms with Gasteiger partial charge in [-0.3, -0.25) is 4.79 Å². The third-order valence-electron chi connectivity index (χ3n) is 7.11. The number of hydrogen-bond donors (Lipinski definition) is 0. The van der Waals surface area contributed by atoms with Crippen molar-refractivity contribution in [2.75, 3.05) is 6.61 Å². The number of allylic oxidation sites excluding steroid dienone is 3. The van der Waals surface area contributed by atoms with Gasteiger partial charge in [0.05, 0.1) is 5.52 Å². The first-order valence-electron chi connectivity index (χ1n) is 14.9. The topological polar surface area (TPSA) is 49.7 Å². The number of fused-ring (bicyclic) bond motifs is 1. The molecule has 0 radical (unpaired) electrons. The number of unbranched alkanes of at least 4 members (excludes halogenated alkanes) is 1. The van der Waals surface area contributed by atoms with Gasteiger partial charge >= 0.3 is 0 Å². The average Bonchev–Trinajstić information content (AvgIpc) is 3.00. The highest BCUT2D eigenvalue weighted by atomic mass is 16.5. The number of hydrogen-bond acceptors (Lipinski definition) is 4. The molecular formula is C37H43NO4. The van der Waals surface area contributed by atoms with Gasteiger partial charge in [-0.2, -0.15) is 0 Å². The fraction of sp³-hybridized carbons (Fsp3) is 0.324. The molecule has 0 aliphatic heterocycles. The van der Waals surface area contributed by atoms with Crippen LogP contribution in [0.3, 0.4) is 0 Å². The molecule has 0 bridgehead atoms. The Labute approximate surface area is 250 Å². The maximum atomic E-state index is 14.0. The van der Waals surface area contributed by atoms with Crippen molar-refractivity contribution < 1.29 is 14.2 Å². The highest BCUT2D eigenvalue weighted by Gasteiger charge is 2.20. The summed E-state index contributed by atoms with van der Waals surface area (Å²) in [5.41, 5.74) is 5.23. The molecule has 1 aromatic heterocycles. The van der Waals surface area contributed by atoms with Crippen molar-refractivity contribution in [3.63, 3.8) is 0 Å². The average molecular weight is 566 g/mol. The maximum Gasteiger partial charge on any atom is 0.297 e. The monoisotopic (exact) mass is 565 g/mol. The summed E-state index contributed by atoms with van der Waals surface area (Å²) >= 11 is 0. The minimum atomic E-state index is -0.189. The number of benzene rings is 3. The Morgan fingerprint density at radius 3 is 2.10 bits per heavy atom. The Balaban J connectivity index is 1.71. The predicted molar refractivity (Wildman–Crippen MR) is 173 cm³/mol. The maximum absolute atomic E-state index is 14.0. The van der Waals surface area contributed by atoms with Gasteiger partial charge in [0.2, 0.25) is 5.75 Å². The molecule has 3 aromatic carbocycles. The van der Waals surface area contributed by atoms with E-state index in [1.54, 1.807) is 0 Å². The number of ether oxygens (including phenoxy) is 3. The minimum absolute atomic E-state index is 0.189. The van der Waals surface area contributed by atoms with Crippen LogP contribution in [0.5, 0.6) is 17.2 Å². The summed E-state index contributed by atoms with van der Waals surface area (Å²) in [6, 6.07) is 25.8. The van der Waals surface area contributed by atoms with E-state index < -0.39 is 0 Å². The molecular weight excluding hydrogens is 522 g/mol. The van der Waals surface area contributed by atoms with Gasteiger partial charge in [0.1, 0.15) is 25.6 Å². The highest BCUT2D eigenvalue weighted by Crippen LogP contribution is 2.35. The van der Waals surface area contributed by atoms with Crippen molar-refractivity contribution in [2.24, 2.45) is 0 Å². The SMILES string of the molecule is CCCCn1c(=O)c(OCc2ccccc2)c(OC/C=C(\C)CCC=C(C)C)c2ccc(OCc3ccccc3)cc21. The Bertz CT molecular complexity index is 1550. The largest absolute Gasteiger partial charge is 0.489 e. The van der Waals surface area contributed by atoms with Crippen LogP contribution in [0, 0.1) is 0 Å². The van der Waals surface area contributed by atoms with Gasteiger partial charge in [-0.15, -0.1) is 0 Å². The van der Waals surface area contributed by atoms with Crippen LogP contribution < -0.4 is 19.8 Å². The fourth-order valence-corrected chi connectivity index (χ4v) is 4.71. The van der Waals surface area contributed by atoms with Gasteiger partial charge in [-0.05, 0) is 69.4 Å². The second-order valence-corrected chi connectivity index (χ2v) is 10.9. The molecule has 1 heterocycles. The number of aromatic nitrogens is 1. The zero-order chi connectivity index (χ0) is 29.7. The van der Waals surface area contributed by atoms with Crippen molar-refractivity contribution in [3.8, 4) is 17.2 Å². The Hall–Kier alpha value is -4.25. The summed E-state index contributed by atoms with van der Waals surface area (Å²) in [7, 11) is 0. The minimum Gasteiger partial charge on any atom is -0.489 e. The predicted octanol–water partition coefficient (Wildman–Crippen LogP) is 9.03. The first-order valence-corrected chi connectivity index (χ1v) is 14.9. The van der Waals surface area contributed by atoms with E-state index in [4.69, 9.17) is 14.2 Å². The van der Waals surface area contributed by atoms with Crippen LogP contribution in [-0.4, -0.2) is 11.2 Å². The number of aryl methyl sites for hydroxylation is 1. The third-order valence-corrected chi connectivity index (χ3v) is 7.11. The van der Waals surface area contributed by atoms with Gasteiger partial charge in [0.15, 0.2) is 5.75 Å². The molecule has 0 saturated heterocycles. The summed E-state index contributed by atoms with van der Waals surface area (Å²) < 4.78 is 20.6. The first-order chi connectivity index (χ1) is 20.5. The molecule has 5 heteroatoms. The first kappa shape index (κ1) is 30.7. The van der Waals surface area contributed by atoms with Gasteiger partial charge in [-0.1, -0.05) is 91.2 Å². The van der Waals surface area contributed by atoms with Crippen molar-refractivity contribution in [2.45, 2.75) is 73.1 Å². The molecule has 0 aliphatic carbocycles. The lowest BCUT2D eigenvalue weighted by molar-refractivity contribution is 0.270. The lowest BCUT2D eigenvalue weighted by Gasteiger charge is -2.19. The molecule has 4 rings (SSSR count). The molecule has 0 fully saturated rings. The molecule has 42 heavy (non-hydrogen) atoms. The zero-order valence-corrected chi connectivity index (χ0v) is 25.4. The molecule has 0 N–H and O–H groups in total. The Kier molecular flexibility index (Phi) is 11.5. The number of nitrogens with zero attached hydrogens (tertiary/aromatic N) is 1. The van der Waals surface area contributed by atoms with E-state index in [0.717, 1.165) is 47.7 Å². The summed E-state index contributed by atoms with van der Waals surface area (Å²) in [5.74, 6) is 1.42. The van der Waals surface area contributed by atoms with E-state index in [2.05, 4.69) is 39.8 Å². The van der Waals surface area contributed by atoms with Crippen molar-refractivity contribution >= 4 is 10.9 Å². The standard InChI is InChI=1S/C37H43NO4/c1-5-6-23-38-34-25-32(41-26-30-16-9-7-10-17-30)20-21-33(34)35(40-24-22-29(4)15-13-14-28(2)3)36(37(38)39)42-27-31-18-11-8-12-19-31/h7-12,14,16-22,25H,5-6,13,15,23-24,26-27H2,1-4H3/b29-22+. The van der Waals surface area contributed by atoms with E-state index in [-0.39, 0.29) is 17.9 Å². The summed E-state index contributed by atoms with van der Waals surface area (Å²) in [6.07, 6.45) is 8.13. The lowest BCUT2D eigenvalue weighted by Crippen LogP contribution is -2.24. The van der Waals surface area contributed by atoms with Crippen molar-refractivity contribution in [3.05, 3.63) is 124 Å².